The van der Waals surface area contributed by atoms with E-state index in [4.69, 9.17) is 0 Å². The minimum atomic E-state index is -0.640. The Morgan fingerprint density at radius 1 is 1.12 bits per heavy atom. The van der Waals surface area contributed by atoms with Gasteiger partial charge in [-0.1, -0.05) is 60.3 Å². The van der Waals surface area contributed by atoms with Crippen LogP contribution in [0.1, 0.15) is 12.5 Å². The molecule has 2 aromatic carbocycles. The average Bonchev–Trinajstić information content (AvgIpc) is 3.24. The number of thioether (sulfide) groups is 1. The third kappa shape index (κ3) is 4.65. The lowest BCUT2D eigenvalue weighted by atomic mass is 10.2. The maximum atomic E-state index is 12.9. The molecule has 168 valence electrons. The van der Waals surface area contributed by atoms with Gasteiger partial charge in [0.25, 0.3) is 5.56 Å². The quantitative estimate of drug-likeness (QED) is 0.323. The molecule has 0 fully saturated rings. The zero-order valence-electron chi connectivity index (χ0n) is 17.9. The number of hydrogen-bond donors (Lipinski definition) is 2. The monoisotopic (exact) mass is 462 g/mol. The van der Waals surface area contributed by atoms with Crippen molar-refractivity contribution in [2.45, 2.75) is 30.4 Å². The molecule has 0 radical (unpaired) electrons. The van der Waals surface area contributed by atoms with Crippen LogP contribution in [-0.2, 0) is 17.9 Å². The number of hydrogen-bond acceptors (Lipinski definition) is 6. The summed E-state index contributed by atoms with van der Waals surface area (Å²) in [5.41, 5.74) is 1.37. The van der Waals surface area contributed by atoms with Crippen LogP contribution in [0.5, 0.6) is 0 Å². The molecule has 0 spiro atoms. The molecular formula is C23H22N6O3S. The van der Waals surface area contributed by atoms with Crippen LogP contribution in [0.25, 0.3) is 16.7 Å². The normalized spacial score (nSPS) is 11.9. The molecular weight excluding hydrogens is 440 g/mol. The molecule has 4 aromatic rings. The van der Waals surface area contributed by atoms with E-state index in [9.17, 15) is 14.4 Å². The van der Waals surface area contributed by atoms with Crippen LogP contribution in [0.3, 0.4) is 0 Å². The number of para-hydroxylation sites is 1. The fourth-order valence-corrected chi connectivity index (χ4v) is 4.21. The lowest BCUT2D eigenvalue weighted by Crippen LogP contribution is -2.42. The van der Waals surface area contributed by atoms with E-state index in [1.165, 1.54) is 4.57 Å². The minimum Gasteiger partial charge on any atom is -0.334 e. The molecule has 0 saturated carbocycles. The van der Waals surface area contributed by atoms with Crippen molar-refractivity contribution >= 4 is 40.4 Å². The molecule has 33 heavy (non-hydrogen) atoms. The van der Waals surface area contributed by atoms with Gasteiger partial charge in [-0.2, -0.15) is 0 Å². The number of carbonyl (C=O) groups is 2. The Morgan fingerprint density at radius 3 is 2.61 bits per heavy atom. The van der Waals surface area contributed by atoms with Crippen LogP contribution in [-0.4, -0.2) is 36.4 Å². The first-order chi connectivity index (χ1) is 16.0. The van der Waals surface area contributed by atoms with Gasteiger partial charge >= 0.3 is 6.03 Å². The Kier molecular flexibility index (Phi) is 6.55. The van der Waals surface area contributed by atoms with Gasteiger partial charge in [0.1, 0.15) is 0 Å². The fourth-order valence-electron chi connectivity index (χ4n) is 3.35. The second-order valence-electron chi connectivity index (χ2n) is 7.26. The maximum Gasteiger partial charge on any atom is 0.321 e. The predicted octanol–water partition coefficient (Wildman–Crippen LogP) is 2.74. The van der Waals surface area contributed by atoms with Crippen molar-refractivity contribution in [1.82, 2.24) is 29.8 Å². The van der Waals surface area contributed by atoms with Crippen LogP contribution >= 0.6 is 11.8 Å². The summed E-state index contributed by atoms with van der Waals surface area (Å²) in [6, 6.07) is 16.0. The number of rotatable bonds is 7. The number of fused-ring (bicyclic) bond motifs is 3. The number of carbonyl (C=O) groups excluding carboxylic acids is 2. The smallest absolute Gasteiger partial charge is 0.321 e. The first kappa shape index (κ1) is 22.3. The number of nitrogens with one attached hydrogen (secondary N) is 2. The van der Waals surface area contributed by atoms with Crippen LogP contribution in [0.4, 0.5) is 4.79 Å². The highest BCUT2D eigenvalue weighted by Gasteiger charge is 2.22. The van der Waals surface area contributed by atoms with Crippen LogP contribution in [0.2, 0.25) is 0 Å². The summed E-state index contributed by atoms with van der Waals surface area (Å²) in [7, 11) is 0. The molecule has 4 rings (SSSR count). The third-order valence-electron chi connectivity index (χ3n) is 4.97. The Hall–Kier alpha value is -3.92. The zero-order chi connectivity index (χ0) is 23.4. The van der Waals surface area contributed by atoms with E-state index in [0.717, 1.165) is 17.3 Å². The van der Waals surface area contributed by atoms with Crippen LogP contribution < -0.4 is 16.2 Å². The predicted molar refractivity (Wildman–Crippen MR) is 127 cm³/mol. The number of amides is 3. The van der Waals surface area contributed by atoms with Gasteiger partial charge in [0.15, 0.2) is 5.16 Å². The second kappa shape index (κ2) is 9.70. The number of nitrogens with zero attached hydrogens (tertiary/aromatic N) is 4. The summed E-state index contributed by atoms with van der Waals surface area (Å²) in [5, 5.41) is 13.7. The van der Waals surface area contributed by atoms with Gasteiger partial charge < -0.3 is 5.32 Å². The van der Waals surface area contributed by atoms with E-state index in [1.54, 1.807) is 35.6 Å². The maximum absolute atomic E-state index is 12.9. The van der Waals surface area contributed by atoms with Gasteiger partial charge in [-0.3, -0.25) is 23.9 Å². The molecule has 3 amide bonds. The molecule has 1 unspecified atom stereocenters. The van der Waals surface area contributed by atoms with Crippen molar-refractivity contribution in [2.24, 2.45) is 0 Å². The van der Waals surface area contributed by atoms with E-state index in [-0.39, 0.29) is 12.1 Å². The highest BCUT2D eigenvalue weighted by molar-refractivity contribution is 8.00. The highest BCUT2D eigenvalue weighted by Crippen LogP contribution is 2.25. The van der Waals surface area contributed by atoms with E-state index in [1.807, 2.05) is 36.4 Å². The van der Waals surface area contributed by atoms with Gasteiger partial charge in [0.05, 0.1) is 16.2 Å². The molecule has 0 aliphatic heterocycles. The first-order valence-electron chi connectivity index (χ1n) is 10.3. The van der Waals surface area contributed by atoms with Gasteiger partial charge in [0, 0.05) is 13.1 Å². The molecule has 0 saturated heterocycles. The summed E-state index contributed by atoms with van der Waals surface area (Å²) in [5.74, 6) is -0.111. The summed E-state index contributed by atoms with van der Waals surface area (Å²) >= 11 is 1.15. The molecule has 2 aromatic heterocycles. The van der Waals surface area contributed by atoms with Crippen molar-refractivity contribution in [3.8, 4) is 0 Å². The Bertz CT molecular complexity index is 1400. The Labute approximate surface area is 193 Å². The van der Waals surface area contributed by atoms with Crippen LogP contribution in [0.15, 0.2) is 77.2 Å². The van der Waals surface area contributed by atoms with E-state index in [0.29, 0.717) is 28.4 Å². The second-order valence-corrected chi connectivity index (χ2v) is 8.57. The minimum absolute atomic E-state index is 0.192. The largest absolute Gasteiger partial charge is 0.334 e. The van der Waals surface area contributed by atoms with Gasteiger partial charge in [0.2, 0.25) is 11.7 Å². The zero-order valence-corrected chi connectivity index (χ0v) is 18.7. The molecule has 0 aliphatic rings. The SMILES string of the molecule is C=CCn1c(=O)c2ccccc2n2c(SC(C)C(=O)NC(=O)NCc3ccccc3)nnc12. The van der Waals surface area contributed by atoms with Gasteiger partial charge in [-0.15, -0.1) is 16.8 Å². The van der Waals surface area contributed by atoms with E-state index in [2.05, 4.69) is 27.4 Å². The van der Waals surface area contributed by atoms with Crippen molar-refractivity contribution in [1.29, 1.82) is 0 Å². The number of allylic oxidation sites excluding steroid dienone is 1. The lowest BCUT2D eigenvalue weighted by molar-refractivity contribution is -0.119. The van der Waals surface area contributed by atoms with Gasteiger partial charge in [-0.05, 0) is 24.6 Å². The number of aromatic nitrogens is 4. The van der Waals surface area contributed by atoms with Crippen molar-refractivity contribution < 1.29 is 9.59 Å². The van der Waals surface area contributed by atoms with Crippen molar-refractivity contribution in [2.75, 3.05) is 0 Å². The molecule has 1 atom stereocenters. The molecule has 0 bridgehead atoms. The van der Waals surface area contributed by atoms with E-state index >= 15 is 0 Å². The van der Waals surface area contributed by atoms with Crippen LogP contribution in [0, 0.1) is 0 Å². The van der Waals surface area contributed by atoms with E-state index < -0.39 is 17.2 Å². The van der Waals surface area contributed by atoms with Crippen molar-refractivity contribution in [3.63, 3.8) is 0 Å². The van der Waals surface area contributed by atoms with Gasteiger partial charge in [-0.25, -0.2) is 4.79 Å². The number of urea groups is 1. The summed E-state index contributed by atoms with van der Waals surface area (Å²) in [4.78, 5) is 37.6. The standard InChI is InChI=1S/C23H22N6O3S/c1-3-13-28-20(31)17-11-7-8-12-18(17)29-22(28)26-27-23(29)33-15(2)19(30)25-21(32)24-14-16-9-5-4-6-10-16/h3-12,15H,1,13-14H2,2H3,(H2,24,25,30,32). The lowest BCUT2D eigenvalue weighted by Gasteiger charge is -2.13. The molecule has 9 nitrogen and oxygen atoms in total. The Balaban J connectivity index is 1.53. The molecule has 2 heterocycles. The molecule has 2 N–H and O–H groups in total. The molecule has 10 heteroatoms. The number of benzene rings is 2. The summed E-state index contributed by atoms with van der Waals surface area (Å²) < 4.78 is 3.22. The number of imide groups is 1. The topological polar surface area (TPSA) is 110 Å². The highest BCUT2D eigenvalue weighted by atomic mass is 32.2. The fraction of sp³-hybridized carbons (Fsp3) is 0.174. The Morgan fingerprint density at radius 2 is 1.85 bits per heavy atom. The van der Waals surface area contributed by atoms with Crippen molar-refractivity contribution in [3.05, 3.63) is 83.2 Å². The average molecular weight is 463 g/mol. The summed E-state index contributed by atoms with van der Waals surface area (Å²) in [6.45, 7) is 5.97. The molecule has 0 aliphatic carbocycles. The third-order valence-corrected chi connectivity index (χ3v) is 6.02. The first-order valence-corrected chi connectivity index (χ1v) is 11.1. The summed E-state index contributed by atoms with van der Waals surface area (Å²) in [6.07, 6.45) is 1.61.